The summed E-state index contributed by atoms with van der Waals surface area (Å²) in [4.78, 5) is 4.45. The van der Waals surface area contributed by atoms with E-state index in [0.29, 0.717) is 23.8 Å². The highest BCUT2D eigenvalue weighted by Crippen LogP contribution is 2.10. The van der Waals surface area contributed by atoms with Crippen LogP contribution in [0.25, 0.3) is 0 Å². The van der Waals surface area contributed by atoms with Gasteiger partial charge < -0.3 is 10.6 Å². The predicted molar refractivity (Wildman–Crippen MR) is 98.2 cm³/mol. The second-order valence-electron chi connectivity index (χ2n) is 4.41. The number of guanidine groups is 1. The van der Waals surface area contributed by atoms with Gasteiger partial charge in [0.2, 0.25) is 0 Å². The zero-order valence-electron chi connectivity index (χ0n) is 12.5. The summed E-state index contributed by atoms with van der Waals surface area (Å²) in [6, 6.07) is 8.54. The molecular weight excluding hydrogens is 401 g/mol. The summed E-state index contributed by atoms with van der Waals surface area (Å²) in [5.41, 5.74) is 0. The van der Waals surface area contributed by atoms with Crippen LogP contribution in [0.4, 0.5) is 0 Å². The van der Waals surface area contributed by atoms with E-state index in [0.717, 1.165) is 13.0 Å². The molecule has 0 saturated heterocycles. The molecule has 21 heavy (non-hydrogen) atoms. The summed E-state index contributed by atoms with van der Waals surface area (Å²) in [6.45, 7) is 3.50. The lowest BCUT2D eigenvalue weighted by atomic mass is 10.4. The van der Waals surface area contributed by atoms with Crippen LogP contribution >= 0.6 is 24.0 Å². The molecule has 1 aromatic carbocycles. The standard InChI is InChI=1S/C14H23N3O2S.HI/c1-3-10-16-14(15-2)17-11-7-12-20(18,19)13-8-5-4-6-9-13;/h4-6,8-9H,3,7,10-12H2,1-2H3,(H2,15,16,17);1H. The van der Waals surface area contributed by atoms with Crippen molar-refractivity contribution in [1.82, 2.24) is 10.6 Å². The molecular formula is C14H24IN3O2S. The van der Waals surface area contributed by atoms with Crippen molar-refractivity contribution in [1.29, 1.82) is 0 Å². The van der Waals surface area contributed by atoms with Crippen LogP contribution in [-0.2, 0) is 9.84 Å². The van der Waals surface area contributed by atoms with Crippen LogP contribution in [0.1, 0.15) is 19.8 Å². The Morgan fingerprint density at radius 3 is 2.33 bits per heavy atom. The number of halogens is 1. The minimum atomic E-state index is -3.18. The van der Waals surface area contributed by atoms with E-state index < -0.39 is 9.84 Å². The Bertz CT molecular complexity index is 518. The molecule has 0 aromatic heterocycles. The zero-order valence-corrected chi connectivity index (χ0v) is 15.6. The molecule has 0 bridgehead atoms. The predicted octanol–water partition coefficient (Wildman–Crippen LogP) is 2.04. The van der Waals surface area contributed by atoms with E-state index in [1.165, 1.54) is 0 Å². The number of benzene rings is 1. The van der Waals surface area contributed by atoms with Crippen molar-refractivity contribution in [2.45, 2.75) is 24.7 Å². The van der Waals surface area contributed by atoms with Crippen molar-refractivity contribution < 1.29 is 8.42 Å². The largest absolute Gasteiger partial charge is 0.356 e. The third-order valence-electron chi connectivity index (χ3n) is 2.75. The van der Waals surface area contributed by atoms with Gasteiger partial charge in [-0.05, 0) is 25.0 Å². The Kier molecular flexibility index (Phi) is 10.4. The van der Waals surface area contributed by atoms with Gasteiger partial charge in [-0.3, -0.25) is 4.99 Å². The van der Waals surface area contributed by atoms with E-state index in [1.54, 1.807) is 31.3 Å². The fraction of sp³-hybridized carbons (Fsp3) is 0.500. The van der Waals surface area contributed by atoms with Gasteiger partial charge >= 0.3 is 0 Å². The van der Waals surface area contributed by atoms with Gasteiger partial charge in [0.1, 0.15) is 0 Å². The average Bonchev–Trinajstić information content (AvgIpc) is 2.47. The minimum Gasteiger partial charge on any atom is -0.356 e. The van der Waals surface area contributed by atoms with Crippen molar-refractivity contribution in [2.24, 2.45) is 4.99 Å². The summed E-state index contributed by atoms with van der Waals surface area (Å²) in [5, 5.41) is 6.24. The third-order valence-corrected chi connectivity index (χ3v) is 4.57. The Morgan fingerprint density at radius 2 is 1.76 bits per heavy atom. The maximum Gasteiger partial charge on any atom is 0.190 e. The number of hydrogen-bond donors (Lipinski definition) is 2. The first-order valence-corrected chi connectivity index (χ1v) is 8.47. The lowest BCUT2D eigenvalue weighted by Gasteiger charge is -2.11. The van der Waals surface area contributed by atoms with E-state index in [9.17, 15) is 8.42 Å². The second kappa shape index (κ2) is 10.8. The van der Waals surface area contributed by atoms with Gasteiger partial charge in [0.15, 0.2) is 15.8 Å². The van der Waals surface area contributed by atoms with Gasteiger partial charge in [0.25, 0.3) is 0 Å². The molecule has 0 aliphatic heterocycles. The topological polar surface area (TPSA) is 70.6 Å². The van der Waals surface area contributed by atoms with Gasteiger partial charge in [-0.1, -0.05) is 25.1 Å². The number of nitrogens with one attached hydrogen (secondary N) is 2. The quantitative estimate of drug-likeness (QED) is 0.304. The molecule has 0 radical (unpaired) electrons. The van der Waals surface area contributed by atoms with Crippen LogP contribution in [0.15, 0.2) is 40.2 Å². The highest BCUT2D eigenvalue weighted by Gasteiger charge is 2.12. The van der Waals surface area contributed by atoms with Gasteiger partial charge in [-0.25, -0.2) is 8.42 Å². The summed E-state index contributed by atoms with van der Waals surface area (Å²) in [7, 11) is -1.48. The summed E-state index contributed by atoms with van der Waals surface area (Å²) in [5.74, 6) is 0.846. The number of aliphatic imine (C=N–C) groups is 1. The molecule has 0 heterocycles. The number of rotatable bonds is 7. The number of nitrogens with zero attached hydrogens (tertiary/aromatic N) is 1. The fourth-order valence-corrected chi connectivity index (χ4v) is 3.01. The molecule has 0 aliphatic rings. The lowest BCUT2D eigenvalue weighted by molar-refractivity contribution is 0.592. The first-order valence-electron chi connectivity index (χ1n) is 6.82. The SMILES string of the molecule is CCCNC(=NC)NCCCS(=O)(=O)c1ccccc1.I. The van der Waals surface area contributed by atoms with Crippen LogP contribution in [0.3, 0.4) is 0 Å². The lowest BCUT2D eigenvalue weighted by Crippen LogP contribution is -2.38. The van der Waals surface area contributed by atoms with Gasteiger partial charge in [-0.2, -0.15) is 0 Å². The maximum atomic E-state index is 12.0. The molecule has 0 unspecified atom stereocenters. The monoisotopic (exact) mass is 425 g/mol. The zero-order chi connectivity index (χ0) is 14.8. The van der Waals surface area contributed by atoms with Gasteiger partial charge in [0.05, 0.1) is 10.6 Å². The highest BCUT2D eigenvalue weighted by atomic mass is 127. The molecule has 0 saturated carbocycles. The van der Waals surface area contributed by atoms with Crippen LogP contribution < -0.4 is 10.6 Å². The molecule has 0 amide bonds. The number of hydrogen-bond acceptors (Lipinski definition) is 3. The van der Waals surface area contributed by atoms with E-state index in [4.69, 9.17) is 0 Å². The second-order valence-corrected chi connectivity index (χ2v) is 6.52. The molecule has 5 nitrogen and oxygen atoms in total. The Balaban J connectivity index is 0.00000400. The fourth-order valence-electron chi connectivity index (χ4n) is 1.68. The van der Waals surface area contributed by atoms with Crippen molar-refractivity contribution in [3.63, 3.8) is 0 Å². The van der Waals surface area contributed by atoms with Gasteiger partial charge in [0, 0.05) is 20.1 Å². The van der Waals surface area contributed by atoms with Crippen LogP contribution in [0.2, 0.25) is 0 Å². The van der Waals surface area contributed by atoms with Gasteiger partial charge in [-0.15, -0.1) is 24.0 Å². The molecule has 0 atom stereocenters. The summed E-state index contributed by atoms with van der Waals surface area (Å²) in [6.07, 6.45) is 1.56. The van der Waals surface area contributed by atoms with Crippen molar-refractivity contribution >= 4 is 39.8 Å². The van der Waals surface area contributed by atoms with Crippen LogP contribution in [-0.4, -0.2) is 40.3 Å². The first-order chi connectivity index (χ1) is 9.60. The van der Waals surface area contributed by atoms with Crippen molar-refractivity contribution in [3.8, 4) is 0 Å². The van der Waals surface area contributed by atoms with Crippen LogP contribution in [0, 0.1) is 0 Å². The molecule has 0 fully saturated rings. The molecule has 1 rings (SSSR count). The third kappa shape index (κ3) is 7.66. The summed E-state index contributed by atoms with van der Waals surface area (Å²) >= 11 is 0. The number of sulfone groups is 1. The normalized spacial score (nSPS) is 11.6. The van der Waals surface area contributed by atoms with E-state index in [-0.39, 0.29) is 29.7 Å². The van der Waals surface area contributed by atoms with E-state index >= 15 is 0 Å². The average molecular weight is 425 g/mol. The minimum absolute atomic E-state index is 0. The summed E-state index contributed by atoms with van der Waals surface area (Å²) < 4.78 is 24.1. The molecule has 0 spiro atoms. The first kappa shape index (κ1) is 20.2. The Hall–Kier alpha value is -0.830. The van der Waals surface area contributed by atoms with Crippen LogP contribution in [0.5, 0.6) is 0 Å². The van der Waals surface area contributed by atoms with Crippen molar-refractivity contribution in [2.75, 3.05) is 25.9 Å². The molecule has 2 N–H and O–H groups in total. The molecule has 1 aromatic rings. The smallest absolute Gasteiger partial charge is 0.190 e. The molecule has 120 valence electrons. The van der Waals surface area contributed by atoms with E-state index in [1.807, 2.05) is 6.07 Å². The maximum absolute atomic E-state index is 12.0. The Labute approximate surface area is 144 Å². The van der Waals surface area contributed by atoms with Crippen molar-refractivity contribution in [3.05, 3.63) is 30.3 Å². The van der Waals surface area contributed by atoms with E-state index in [2.05, 4.69) is 22.5 Å². The Morgan fingerprint density at radius 1 is 1.14 bits per heavy atom. The molecule has 7 heteroatoms. The highest BCUT2D eigenvalue weighted by molar-refractivity contribution is 14.0. The molecule has 0 aliphatic carbocycles.